The van der Waals surface area contributed by atoms with E-state index in [0.717, 1.165) is 13.1 Å². The molecular weight excluding hydrogens is 272 g/mol. The molecule has 0 aromatic heterocycles. The van der Waals surface area contributed by atoms with Gasteiger partial charge in [0, 0.05) is 13.1 Å². The van der Waals surface area contributed by atoms with Gasteiger partial charge in [0.05, 0.1) is 5.56 Å². The van der Waals surface area contributed by atoms with Gasteiger partial charge in [-0.2, -0.15) is 0 Å². The van der Waals surface area contributed by atoms with Gasteiger partial charge in [-0.3, -0.25) is 4.79 Å². The number of oxime groups is 1. The third-order valence-electron chi connectivity index (χ3n) is 2.99. The lowest BCUT2D eigenvalue weighted by molar-refractivity contribution is -0.123. The summed E-state index contributed by atoms with van der Waals surface area (Å²) in [5.74, 6) is 0.123. The minimum absolute atomic E-state index is 0.0596. The fraction of sp³-hybridized carbons (Fsp3) is 0.429. The topological polar surface area (TPSA) is 100 Å². The summed E-state index contributed by atoms with van der Waals surface area (Å²) in [4.78, 5) is 13.8. The van der Waals surface area contributed by atoms with Crippen LogP contribution in [0.3, 0.4) is 0 Å². The molecule has 0 bridgehead atoms. The number of amidine groups is 1. The Hall–Kier alpha value is -2.28. The lowest BCUT2D eigenvalue weighted by Gasteiger charge is -2.14. The molecule has 1 rings (SSSR count). The Balaban J connectivity index is 2.47. The molecule has 21 heavy (non-hydrogen) atoms. The van der Waals surface area contributed by atoms with Crippen LogP contribution in [0.2, 0.25) is 0 Å². The number of hydrogen-bond donors (Lipinski definition) is 3. The van der Waals surface area contributed by atoms with Gasteiger partial charge in [0.25, 0.3) is 5.91 Å². The predicted octanol–water partition coefficient (Wildman–Crippen LogP) is 0.228. The summed E-state index contributed by atoms with van der Waals surface area (Å²) in [5.41, 5.74) is 5.99. The lowest BCUT2D eigenvalue weighted by atomic mass is 10.2. The monoisotopic (exact) mass is 294 g/mol. The lowest BCUT2D eigenvalue weighted by Crippen LogP contribution is -2.35. The number of ether oxygens (including phenoxy) is 1. The second-order valence-corrected chi connectivity index (χ2v) is 4.52. The molecule has 1 amide bonds. The molecule has 7 nitrogen and oxygen atoms in total. The van der Waals surface area contributed by atoms with Crippen LogP contribution < -0.4 is 15.8 Å². The predicted molar refractivity (Wildman–Crippen MR) is 80.6 cm³/mol. The Labute approximate surface area is 124 Å². The first-order valence-electron chi connectivity index (χ1n) is 6.73. The first-order chi connectivity index (χ1) is 10.1. The van der Waals surface area contributed by atoms with Crippen LogP contribution in [-0.4, -0.2) is 55.1 Å². The number of benzene rings is 1. The van der Waals surface area contributed by atoms with E-state index in [0.29, 0.717) is 17.9 Å². The van der Waals surface area contributed by atoms with Gasteiger partial charge >= 0.3 is 0 Å². The molecule has 0 fully saturated rings. The molecule has 0 aliphatic rings. The number of likely N-dealkylation sites (N-methyl/N-ethyl adjacent to an activating group) is 1. The van der Waals surface area contributed by atoms with E-state index in [-0.39, 0.29) is 18.3 Å². The van der Waals surface area contributed by atoms with E-state index < -0.39 is 0 Å². The zero-order valence-corrected chi connectivity index (χ0v) is 12.4. The van der Waals surface area contributed by atoms with E-state index in [1.165, 1.54) is 0 Å². The second kappa shape index (κ2) is 8.80. The smallest absolute Gasteiger partial charge is 0.257 e. The fourth-order valence-corrected chi connectivity index (χ4v) is 1.60. The molecule has 0 atom stereocenters. The normalized spacial score (nSPS) is 11.5. The van der Waals surface area contributed by atoms with Crippen LogP contribution >= 0.6 is 0 Å². The van der Waals surface area contributed by atoms with Crippen LogP contribution in [0.15, 0.2) is 29.4 Å². The Morgan fingerprint density at radius 1 is 1.48 bits per heavy atom. The maximum Gasteiger partial charge on any atom is 0.257 e. The number of para-hydroxylation sites is 1. The quantitative estimate of drug-likeness (QED) is 0.276. The minimum Gasteiger partial charge on any atom is -0.483 e. The van der Waals surface area contributed by atoms with Crippen molar-refractivity contribution < 1.29 is 14.7 Å². The van der Waals surface area contributed by atoms with E-state index in [4.69, 9.17) is 15.7 Å². The third-order valence-corrected chi connectivity index (χ3v) is 2.99. The number of hydrogen-bond acceptors (Lipinski definition) is 5. The number of amides is 1. The second-order valence-electron chi connectivity index (χ2n) is 4.52. The number of nitrogens with zero attached hydrogens (tertiary/aromatic N) is 2. The van der Waals surface area contributed by atoms with E-state index in [1.54, 1.807) is 24.3 Å². The summed E-state index contributed by atoms with van der Waals surface area (Å²) in [6, 6.07) is 6.79. The molecule has 7 heteroatoms. The highest BCUT2D eigenvalue weighted by molar-refractivity contribution is 5.99. The fourth-order valence-electron chi connectivity index (χ4n) is 1.60. The molecule has 0 spiro atoms. The van der Waals surface area contributed by atoms with Gasteiger partial charge in [-0.25, -0.2) is 0 Å². The molecule has 0 aliphatic carbocycles. The Morgan fingerprint density at radius 3 is 2.86 bits per heavy atom. The van der Waals surface area contributed by atoms with Crippen molar-refractivity contribution in [1.29, 1.82) is 0 Å². The zero-order chi connectivity index (χ0) is 15.7. The highest BCUT2D eigenvalue weighted by atomic mass is 16.5. The van der Waals surface area contributed by atoms with E-state index in [1.807, 2.05) is 7.05 Å². The average molecular weight is 294 g/mol. The Bertz CT molecular complexity index is 491. The van der Waals surface area contributed by atoms with Gasteiger partial charge in [-0.1, -0.05) is 24.2 Å². The summed E-state index contributed by atoms with van der Waals surface area (Å²) in [7, 11) is 1.98. The van der Waals surface area contributed by atoms with Crippen LogP contribution in [0.4, 0.5) is 0 Å². The maximum atomic E-state index is 11.7. The summed E-state index contributed by atoms with van der Waals surface area (Å²) >= 11 is 0. The van der Waals surface area contributed by atoms with E-state index >= 15 is 0 Å². The largest absolute Gasteiger partial charge is 0.483 e. The molecule has 1 aromatic carbocycles. The highest BCUT2D eigenvalue weighted by Gasteiger charge is 2.09. The standard InChI is InChI=1S/C14H22N4O3/c1-3-18(2)9-8-16-13(19)10-21-12-7-5-4-6-11(12)14(15)17-20/h4-7,20H,3,8-10H2,1-2H3,(H2,15,17)(H,16,19). The van der Waals surface area contributed by atoms with Crippen molar-refractivity contribution in [3.63, 3.8) is 0 Å². The summed E-state index contributed by atoms with van der Waals surface area (Å²) < 4.78 is 5.41. The van der Waals surface area contributed by atoms with Gasteiger partial charge in [0.2, 0.25) is 0 Å². The van der Waals surface area contributed by atoms with Gasteiger partial charge in [0.1, 0.15) is 5.75 Å². The third kappa shape index (κ3) is 5.70. The SMILES string of the molecule is CCN(C)CCNC(=O)COc1ccccc1C(N)=NO. The minimum atomic E-state index is -0.214. The van der Waals surface area contributed by atoms with Crippen molar-refractivity contribution in [3.05, 3.63) is 29.8 Å². The highest BCUT2D eigenvalue weighted by Crippen LogP contribution is 2.17. The number of carbonyl (C=O) groups is 1. The molecule has 1 aromatic rings. The Morgan fingerprint density at radius 2 is 2.19 bits per heavy atom. The average Bonchev–Trinajstić information content (AvgIpc) is 2.52. The molecule has 0 saturated carbocycles. The van der Waals surface area contributed by atoms with Gasteiger partial charge in [0.15, 0.2) is 12.4 Å². The van der Waals surface area contributed by atoms with E-state index in [2.05, 4.69) is 22.3 Å². The molecule has 0 aliphatic heterocycles. The van der Waals surface area contributed by atoms with Crippen molar-refractivity contribution in [2.45, 2.75) is 6.92 Å². The molecule has 0 radical (unpaired) electrons. The number of rotatable bonds is 8. The van der Waals surface area contributed by atoms with Crippen molar-refractivity contribution in [3.8, 4) is 5.75 Å². The first-order valence-corrected chi connectivity index (χ1v) is 6.73. The number of carbonyl (C=O) groups excluding carboxylic acids is 1. The summed E-state index contributed by atoms with van der Waals surface area (Å²) in [5, 5.41) is 14.4. The summed E-state index contributed by atoms with van der Waals surface area (Å²) in [6.45, 7) is 4.21. The van der Waals surface area contributed by atoms with Crippen molar-refractivity contribution in [2.24, 2.45) is 10.9 Å². The van der Waals surface area contributed by atoms with Crippen LogP contribution in [0.1, 0.15) is 12.5 Å². The zero-order valence-electron chi connectivity index (χ0n) is 12.4. The molecule has 116 valence electrons. The van der Waals surface area contributed by atoms with Gasteiger partial charge < -0.3 is 25.9 Å². The van der Waals surface area contributed by atoms with E-state index in [9.17, 15) is 4.79 Å². The first kappa shape index (κ1) is 16.8. The van der Waals surface area contributed by atoms with Crippen molar-refractivity contribution in [1.82, 2.24) is 10.2 Å². The molecule has 4 N–H and O–H groups in total. The van der Waals surface area contributed by atoms with Crippen molar-refractivity contribution >= 4 is 11.7 Å². The van der Waals surface area contributed by atoms with Crippen molar-refractivity contribution in [2.75, 3.05) is 33.3 Å². The molecular formula is C14H22N4O3. The Kier molecular flexibility index (Phi) is 7.03. The van der Waals surface area contributed by atoms with Gasteiger partial charge in [-0.05, 0) is 25.7 Å². The number of nitrogens with two attached hydrogens (primary N) is 1. The molecule has 0 heterocycles. The molecule has 0 unspecified atom stereocenters. The van der Waals surface area contributed by atoms with Crippen LogP contribution in [-0.2, 0) is 4.79 Å². The van der Waals surface area contributed by atoms with Gasteiger partial charge in [-0.15, -0.1) is 0 Å². The maximum absolute atomic E-state index is 11.7. The van der Waals surface area contributed by atoms with Crippen LogP contribution in [0.5, 0.6) is 5.75 Å². The molecule has 0 saturated heterocycles. The van der Waals surface area contributed by atoms with Crippen LogP contribution in [0, 0.1) is 0 Å². The summed E-state index contributed by atoms with van der Waals surface area (Å²) in [6.07, 6.45) is 0. The van der Waals surface area contributed by atoms with Crippen LogP contribution in [0.25, 0.3) is 0 Å². The number of nitrogens with one attached hydrogen (secondary N) is 1.